The monoisotopic (exact) mass is 314 g/mol. The lowest BCUT2D eigenvalue weighted by Crippen LogP contribution is -2.47. The number of aryl methyl sites for hydroxylation is 1. The SMILES string of the molecule is Cc1ccccc1CN1C[C@@H]2C[C@H](C(=O)NC3CCC3)[C@@H](C1)O2. The molecule has 3 fully saturated rings. The van der Waals surface area contributed by atoms with Crippen molar-refractivity contribution in [2.24, 2.45) is 5.92 Å². The first kappa shape index (κ1) is 15.2. The van der Waals surface area contributed by atoms with Crippen molar-refractivity contribution in [2.45, 2.75) is 57.4 Å². The van der Waals surface area contributed by atoms with Gasteiger partial charge in [0, 0.05) is 25.7 Å². The summed E-state index contributed by atoms with van der Waals surface area (Å²) in [5.41, 5.74) is 2.72. The van der Waals surface area contributed by atoms with E-state index in [2.05, 4.69) is 41.4 Å². The van der Waals surface area contributed by atoms with Crippen molar-refractivity contribution in [3.8, 4) is 0 Å². The van der Waals surface area contributed by atoms with Crippen molar-refractivity contribution < 1.29 is 9.53 Å². The molecule has 1 aromatic rings. The number of morpholine rings is 1. The molecule has 1 amide bonds. The van der Waals surface area contributed by atoms with Crippen LogP contribution in [0.1, 0.15) is 36.8 Å². The Morgan fingerprint density at radius 2 is 2.13 bits per heavy atom. The Bertz CT molecular complexity index is 584. The molecule has 2 saturated heterocycles. The average Bonchev–Trinajstić information content (AvgIpc) is 2.80. The minimum Gasteiger partial charge on any atom is -0.371 e. The van der Waals surface area contributed by atoms with Crippen molar-refractivity contribution in [1.82, 2.24) is 10.2 Å². The van der Waals surface area contributed by atoms with Crippen LogP contribution in [-0.4, -0.2) is 42.1 Å². The van der Waals surface area contributed by atoms with Gasteiger partial charge in [-0.2, -0.15) is 0 Å². The van der Waals surface area contributed by atoms with Gasteiger partial charge >= 0.3 is 0 Å². The van der Waals surface area contributed by atoms with Gasteiger partial charge in [-0.3, -0.25) is 9.69 Å². The summed E-state index contributed by atoms with van der Waals surface area (Å²) >= 11 is 0. The first-order chi connectivity index (χ1) is 11.2. The lowest BCUT2D eigenvalue weighted by molar-refractivity contribution is -0.129. The van der Waals surface area contributed by atoms with Crippen LogP contribution in [0.2, 0.25) is 0 Å². The predicted molar refractivity (Wildman–Crippen MR) is 89.0 cm³/mol. The number of ether oxygens (including phenoxy) is 1. The third-order valence-corrected chi connectivity index (χ3v) is 5.68. The second kappa shape index (κ2) is 6.25. The number of hydrogen-bond acceptors (Lipinski definition) is 3. The van der Waals surface area contributed by atoms with Gasteiger partial charge in [-0.15, -0.1) is 0 Å². The molecule has 0 radical (unpaired) electrons. The minimum absolute atomic E-state index is 0.0440. The lowest BCUT2D eigenvalue weighted by atomic mass is 9.91. The summed E-state index contributed by atoms with van der Waals surface area (Å²) in [6, 6.07) is 8.98. The highest BCUT2D eigenvalue weighted by atomic mass is 16.5. The molecule has 1 aliphatic carbocycles. The Kier molecular flexibility index (Phi) is 4.12. The van der Waals surface area contributed by atoms with Gasteiger partial charge in [0.2, 0.25) is 5.91 Å². The number of likely N-dealkylation sites (tertiary alicyclic amines) is 1. The summed E-state index contributed by atoms with van der Waals surface area (Å²) in [5.74, 6) is 0.266. The van der Waals surface area contributed by atoms with Crippen LogP contribution in [0.25, 0.3) is 0 Å². The van der Waals surface area contributed by atoms with Gasteiger partial charge < -0.3 is 10.1 Å². The second-order valence-electron chi connectivity index (χ2n) is 7.40. The Labute approximate surface area is 138 Å². The van der Waals surface area contributed by atoms with Crippen molar-refractivity contribution in [1.29, 1.82) is 0 Å². The molecule has 23 heavy (non-hydrogen) atoms. The van der Waals surface area contributed by atoms with Gasteiger partial charge in [-0.1, -0.05) is 24.3 Å². The number of carbonyl (C=O) groups excluding carboxylic acids is 1. The van der Waals surface area contributed by atoms with E-state index in [1.54, 1.807) is 0 Å². The fraction of sp³-hybridized carbons (Fsp3) is 0.632. The van der Waals surface area contributed by atoms with Crippen LogP contribution in [0.15, 0.2) is 24.3 Å². The molecule has 1 aromatic carbocycles. The highest BCUT2D eigenvalue weighted by Gasteiger charge is 2.45. The molecular weight excluding hydrogens is 288 g/mol. The molecule has 4 nitrogen and oxygen atoms in total. The molecular formula is C19H26N2O2. The zero-order valence-electron chi connectivity index (χ0n) is 13.8. The summed E-state index contributed by atoms with van der Waals surface area (Å²) in [5, 5.41) is 3.21. The Morgan fingerprint density at radius 1 is 1.30 bits per heavy atom. The van der Waals surface area contributed by atoms with Crippen molar-refractivity contribution >= 4 is 5.91 Å². The summed E-state index contributed by atoms with van der Waals surface area (Å²) in [6.45, 7) is 4.94. The number of hydrogen-bond donors (Lipinski definition) is 1. The highest BCUT2D eigenvalue weighted by Crippen LogP contribution is 2.33. The van der Waals surface area contributed by atoms with E-state index in [0.717, 1.165) is 38.9 Å². The first-order valence-corrected chi connectivity index (χ1v) is 8.92. The molecule has 0 aromatic heterocycles. The fourth-order valence-electron chi connectivity index (χ4n) is 4.03. The summed E-state index contributed by atoms with van der Waals surface area (Å²) in [6.07, 6.45) is 4.71. The number of amides is 1. The molecule has 2 aliphatic heterocycles. The first-order valence-electron chi connectivity index (χ1n) is 8.92. The van der Waals surface area contributed by atoms with Gasteiger partial charge in [0.15, 0.2) is 0 Å². The van der Waals surface area contributed by atoms with E-state index in [9.17, 15) is 4.79 Å². The number of carbonyl (C=O) groups is 1. The Balaban J connectivity index is 1.38. The minimum atomic E-state index is 0.0440. The van der Waals surface area contributed by atoms with E-state index in [0.29, 0.717) is 6.04 Å². The van der Waals surface area contributed by atoms with Gasteiger partial charge in [0.05, 0.1) is 18.1 Å². The molecule has 2 heterocycles. The lowest BCUT2D eigenvalue weighted by Gasteiger charge is -2.33. The molecule has 4 rings (SSSR count). The molecule has 4 heteroatoms. The van der Waals surface area contributed by atoms with E-state index in [1.165, 1.54) is 17.5 Å². The summed E-state index contributed by atoms with van der Waals surface area (Å²) < 4.78 is 6.06. The van der Waals surface area contributed by atoms with Crippen LogP contribution < -0.4 is 5.32 Å². The number of fused-ring (bicyclic) bond motifs is 2. The quantitative estimate of drug-likeness (QED) is 0.927. The van der Waals surface area contributed by atoms with Crippen molar-refractivity contribution in [3.05, 3.63) is 35.4 Å². The van der Waals surface area contributed by atoms with E-state index in [1.807, 2.05) is 0 Å². The van der Waals surface area contributed by atoms with Crippen molar-refractivity contribution in [3.63, 3.8) is 0 Å². The Morgan fingerprint density at radius 3 is 2.87 bits per heavy atom. The van der Waals surface area contributed by atoms with E-state index in [-0.39, 0.29) is 24.0 Å². The van der Waals surface area contributed by atoms with Crippen LogP contribution in [0.4, 0.5) is 0 Å². The summed E-state index contributed by atoms with van der Waals surface area (Å²) in [7, 11) is 0. The van der Waals surface area contributed by atoms with Gasteiger partial charge in [0.25, 0.3) is 0 Å². The van der Waals surface area contributed by atoms with Crippen LogP contribution in [-0.2, 0) is 16.1 Å². The number of rotatable bonds is 4. The van der Waals surface area contributed by atoms with Crippen LogP contribution in [0.5, 0.6) is 0 Å². The van der Waals surface area contributed by atoms with Crippen LogP contribution >= 0.6 is 0 Å². The molecule has 0 spiro atoms. The number of nitrogens with one attached hydrogen (secondary N) is 1. The van der Waals surface area contributed by atoms with Crippen LogP contribution in [0, 0.1) is 12.8 Å². The molecule has 2 bridgehead atoms. The van der Waals surface area contributed by atoms with Gasteiger partial charge in [-0.05, 0) is 43.7 Å². The topological polar surface area (TPSA) is 41.6 Å². The smallest absolute Gasteiger partial charge is 0.226 e. The molecule has 3 aliphatic rings. The van der Waals surface area contributed by atoms with E-state index in [4.69, 9.17) is 4.74 Å². The maximum absolute atomic E-state index is 12.5. The van der Waals surface area contributed by atoms with E-state index < -0.39 is 0 Å². The molecule has 0 unspecified atom stereocenters. The normalized spacial score (nSPS) is 30.9. The standard InChI is InChI=1S/C19H26N2O2/c1-13-5-2-3-6-14(13)10-21-11-16-9-17(18(12-21)23-16)19(22)20-15-7-4-8-15/h2-3,5-6,15-18H,4,7-12H2,1H3,(H,20,22)/t16-,17-,18+/m0/s1. The highest BCUT2D eigenvalue weighted by molar-refractivity contribution is 5.80. The third kappa shape index (κ3) is 3.15. The molecule has 1 N–H and O–H groups in total. The number of benzene rings is 1. The Hall–Kier alpha value is -1.39. The molecule has 124 valence electrons. The molecule has 3 atom stereocenters. The third-order valence-electron chi connectivity index (χ3n) is 5.68. The van der Waals surface area contributed by atoms with Gasteiger partial charge in [0.1, 0.15) is 0 Å². The van der Waals surface area contributed by atoms with Crippen LogP contribution in [0.3, 0.4) is 0 Å². The maximum Gasteiger partial charge on any atom is 0.226 e. The summed E-state index contributed by atoms with van der Waals surface area (Å²) in [4.78, 5) is 15.0. The maximum atomic E-state index is 12.5. The zero-order valence-corrected chi connectivity index (χ0v) is 13.8. The van der Waals surface area contributed by atoms with E-state index >= 15 is 0 Å². The van der Waals surface area contributed by atoms with Crippen molar-refractivity contribution in [2.75, 3.05) is 13.1 Å². The second-order valence-corrected chi connectivity index (χ2v) is 7.40. The largest absolute Gasteiger partial charge is 0.371 e. The van der Waals surface area contributed by atoms with Gasteiger partial charge in [-0.25, -0.2) is 0 Å². The number of nitrogens with zero attached hydrogens (tertiary/aromatic N) is 1. The fourth-order valence-corrected chi connectivity index (χ4v) is 4.03. The zero-order chi connectivity index (χ0) is 15.8. The average molecular weight is 314 g/mol. The molecule has 1 saturated carbocycles. The predicted octanol–water partition coefficient (Wildman–Crippen LogP) is 2.25.